The molecule has 7 nitrogen and oxygen atoms in total. The molecule has 1 heterocycles. The van der Waals surface area contributed by atoms with Crippen LogP contribution in [0.15, 0.2) is 4.90 Å². The number of rotatable bonds is 5. The molecule has 1 saturated carbocycles. The third-order valence-corrected chi connectivity index (χ3v) is 5.99. The highest BCUT2D eigenvalue weighted by Crippen LogP contribution is 2.27. The molecule has 0 bridgehead atoms. The lowest BCUT2D eigenvalue weighted by Gasteiger charge is -2.26. The first-order chi connectivity index (χ1) is 9.84. The summed E-state index contributed by atoms with van der Waals surface area (Å²) in [5.74, 6) is -0.997. The number of aromatic amines is 1. The van der Waals surface area contributed by atoms with Crippen LogP contribution >= 0.6 is 0 Å². The van der Waals surface area contributed by atoms with Gasteiger partial charge in [0.15, 0.2) is 5.69 Å². The van der Waals surface area contributed by atoms with Crippen molar-refractivity contribution in [1.29, 1.82) is 0 Å². The van der Waals surface area contributed by atoms with Crippen molar-refractivity contribution in [2.45, 2.75) is 43.9 Å². The Labute approximate surface area is 124 Å². The third kappa shape index (κ3) is 3.26. The van der Waals surface area contributed by atoms with Crippen LogP contribution in [0.2, 0.25) is 0 Å². The highest BCUT2D eigenvalue weighted by Gasteiger charge is 2.32. The van der Waals surface area contributed by atoms with Gasteiger partial charge in [-0.15, -0.1) is 0 Å². The zero-order valence-electron chi connectivity index (χ0n) is 12.3. The van der Waals surface area contributed by atoms with Crippen molar-refractivity contribution in [2.24, 2.45) is 5.92 Å². The minimum absolute atomic E-state index is 0.228. The van der Waals surface area contributed by atoms with E-state index in [2.05, 4.69) is 10.2 Å². The highest BCUT2D eigenvalue weighted by molar-refractivity contribution is 7.89. The number of hydrogen-bond acceptors (Lipinski definition) is 4. The number of carboxylic acid groups (broad SMARTS) is 1. The van der Waals surface area contributed by atoms with Gasteiger partial charge in [0.05, 0.1) is 5.69 Å². The predicted molar refractivity (Wildman–Crippen MR) is 76.7 cm³/mol. The molecule has 2 rings (SSSR count). The summed E-state index contributed by atoms with van der Waals surface area (Å²) in [4.78, 5) is 10.9. The summed E-state index contributed by atoms with van der Waals surface area (Å²) in [6, 6.07) is 0. The quantitative estimate of drug-likeness (QED) is 0.859. The zero-order valence-corrected chi connectivity index (χ0v) is 13.1. The van der Waals surface area contributed by atoms with Gasteiger partial charge in [-0.25, -0.2) is 17.5 Å². The molecule has 1 aliphatic carbocycles. The minimum atomic E-state index is -3.84. The van der Waals surface area contributed by atoms with Gasteiger partial charge in [-0.2, -0.15) is 5.10 Å². The van der Waals surface area contributed by atoms with E-state index in [1.807, 2.05) is 0 Å². The predicted octanol–water partition coefficient (Wildman–Crippen LogP) is 1.62. The maximum absolute atomic E-state index is 12.6. The SMILES string of the molecule is Cc1[nH]nc(C(=O)O)c1S(=O)(=O)N(C)CC1CCCCC1. The molecular weight excluding hydrogens is 294 g/mol. The molecular formula is C13H21N3O4S. The van der Waals surface area contributed by atoms with Gasteiger partial charge in [-0.05, 0) is 25.7 Å². The number of H-pyrrole nitrogens is 1. The van der Waals surface area contributed by atoms with E-state index in [1.54, 1.807) is 0 Å². The molecule has 1 fully saturated rings. The molecule has 0 atom stereocenters. The van der Waals surface area contributed by atoms with Crippen molar-refractivity contribution in [3.63, 3.8) is 0 Å². The number of hydrogen-bond donors (Lipinski definition) is 2. The Hall–Kier alpha value is -1.41. The second-order valence-electron chi connectivity index (χ2n) is 5.62. The number of nitrogens with zero attached hydrogens (tertiary/aromatic N) is 2. The normalized spacial score (nSPS) is 17.3. The minimum Gasteiger partial charge on any atom is -0.476 e. The Morgan fingerprint density at radius 2 is 2.00 bits per heavy atom. The molecule has 0 radical (unpaired) electrons. The van der Waals surface area contributed by atoms with Gasteiger partial charge in [0.25, 0.3) is 0 Å². The summed E-state index contributed by atoms with van der Waals surface area (Å²) in [7, 11) is -2.34. The number of aromatic carboxylic acids is 1. The van der Waals surface area contributed by atoms with Crippen molar-refractivity contribution in [3.8, 4) is 0 Å². The van der Waals surface area contributed by atoms with Gasteiger partial charge in [0, 0.05) is 13.6 Å². The molecule has 0 saturated heterocycles. The Balaban J connectivity index is 2.24. The first-order valence-electron chi connectivity index (χ1n) is 7.08. The summed E-state index contributed by atoms with van der Waals surface area (Å²) in [6.45, 7) is 1.94. The lowest BCUT2D eigenvalue weighted by Crippen LogP contribution is -2.33. The van der Waals surface area contributed by atoms with E-state index in [4.69, 9.17) is 5.11 Å². The molecule has 2 N–H and O–H groups in total. The Morgan fingerprint density at radius 1 is 1.38 bits per heavy atom. The van der Waals surface area contributed by atoms with E-state index < -0.39 is 21.7 Å². The van der Waals surface area contributed by atoms with Crippen LogP contribution < -0.4 is 0 Å². The number of aryl methyl sites for hydroxylation is 1. The molecule has 1 aromatic rings. The van der Waals surface area contributed by atoms with Crippen LogP contribution in [-0.4, -0.2) is 47.6 Å². The van der Waals surface area contributed by atoms with Crippen LogP contribution in [-0.2, 0) is 10.0 Å². The number of nitrogens with one attached hydrogen (secondary N) is 1. The first kappa shape index (κ1) is 16.0. The van der Waals surface area contributed by atoms with Crippen molar-refractivity contribution in [1.82, 2.24) is 14.5 Å². The molecule has 21 heavy (non-hydrogen) atoms. The van der Waals surface area contributed by atoms with E-state index >= 15 is 0 Å². The van der Waals surface area contributed by atoms with Crippen LogP contribution in [0.3, 0.4) is 0 Å². The molecule has 0 aromatic carbocycles. The van der Waals surface area contributed by atoms with Crippen LogP contribution in [0.4, 0.5) is 0 Å². The molecule has 0 spiro atoms. The number of sulfonamides is 1. The molecule has 0 unspecified atom stereocenters. The van der Waals surface area contributed by atoms with Gasteiger partial charge in [-0.1, -0.05) is 19.3 Å². The van der Waals surface area contributed by atoms with Crippen molar-refractivity contribution in [2.75, 3.05) is 13.6 Å². The fraction of sp³-hybridized carbons (Fsp3) is 0.692. The summed E-state index contributed by atoms with van der Waals surface area (Å²) in [6.07, 6.45) is 5.51. The highest BCUT2D eigenvalue weighted by atomic mass is 32.2. The topological polar surface area (TPSA) is 103 Å². The van der Waals surface area contributed by atoms with Gasteiger partial charge in [-0.3, -0.25) is 5.10 Å². The smallest absolute Gasteiger partial charge is 0.357 e. The molecule has 0 amide bonds. The number of carbonyl (C=O) groups is 1. The van der Waals surface area contributed by atoms with Crippen LogP contribution in [0, 0.1) is 12.8 Å². The van der Waals surface area contributed by atoms with E-state index in [1.165, 1.54) is 24.7 Å². The number of carboxylic acids is 1. The summed E-state index contributed by atoms with van der Waals surface area (Å²) in [5, 5.41) is 15.1. The molecule has 1 aromatic heterocycles. The van der Waals surface area contributed by atoms with Crippen LogP contribution in [0.1, 0.15) is 48.3 Å². The molecule has 8 heteroatoms. The van der Waals surface area contributed by atoms with Crippen molar-refractivity contribution >= 4 is 16.0 Å². The average Bonchev–Trinajstić information content (AvgIpc) is 2.82. The third-order valence-electron chi connectivity index (χ3n) is 4.00. The van der Waals surface area contributed by atoms with Crippen molar-refractivity contribution in [3.05, 3.63) is 11.4 Å². The lowest BCUT2D eigenvalue weighted by molar-refractivity contribution is 0.0686. The molecule has 1 aliphatic rings. The second kappa shape index (κ2) is 6.15. The van der Waals surface area contributed by atoms with Crippen molar-refractivity contribution < 1.29 is 18.3 Å². The van der Waals surface area contributed by atoms with Crippen LogP contribution in [0.5, 0.6) is 0 Å². The monoisotopic (exact) mass is 315 g/mol. The summed E-state index contributed by atoms with van der Waals surface area (Å²) >= 11 is 0. The van der Waals surface area contributed by atoms with E-state index in [0.717, 1.165) is 25.7 Å². The summed E-state index contributed by atoms with van der Waals surface area (Å²) < 4.78 is 26.5. The second-order valence-corrected chi connectivity index (χ2v) is 7.60. The maximum atomic E-state index is 12.6. The Bertz CT molecular complexity index is 617. The lowest BCUT2D eigenvalue weighted by atomic mass is 9.89. The van der Waals surface area contributed by atoms with Gasteiger partial charge >= 0.3 is 5.97 Å². The Kier molecular flexibility index (Phi) is 4.67. The first-order valence-corrected chi connectivity index (χ1v) is 8.52. The fourth-order valence-electron chi connectivity index (χ4n) is 2.87. The van der Waals surface area contributed by atoms with Gasteiger partial charge in [0.1, 0.15) is 4.90 Å². The van der Waals surface area contributed by atoms with E-state index in [9.17, 15) is 13.2 Å². The van der Waals surface area contributed by atoms with Gasteiger partial charge in [0.2, 0.25) is 10.0 Å². The van der Waals surface area contributed by atoms with E-state index in [-0.39, 0.29) is 10.6 Å². The fourth-order valence-corrected chi connectivity index (χ4v) is 4.40. The number of aromatic nitrogens is 2. The van der Waals surface area contributed by atoms with Gasteiger partial charge < -0.3 is 5.11 Å². The zero-order chi connectivity index (χ0) is 15.6. The van der Waals surface area contributed by atoms with E-state index in [0.29, 0.717) is 12.5 Å². The average molecular weight is 315 g/mol. The maximum Gasteiger partial charge on any atom is 0.357 e. The Morgan fingerprint density at radius 3 is 2.57 bits per heavy atom. The standard InChI is InChI=1S/C13H21N3O4S/c1-9-12(11(13(17)18)15-14-9)21(19,20)16(2)8-10-6-4-3-5-7-10/h10H,3-8H2,1-2H3,(H,14,15)(H,17,18). The summed E-state index contributed by atoms with van der Waals surface area (Å²) in [5.41, 5.74) is -0.189. The molecule has 0 aliphatic heterocycles. The van der Waals surface area contributed by atoms with Crippen LogP contribution in [0.25, 0.3) is 0 Å². The largest absolute Gasteiger partial charge is 0.476 e. The molecule has 118 valence electrons.